The first-order valence-electron chi connectivity index (χ1n) is 3.51. The SMILES string of the molecule is C/C=C/CC.C/C=C\C. The topological polar surface area (TPSA) is 0 Å². The van der Waals surface area contributed by atoms with Gasteiger partial charge in [-0.05, 0) is 27.2 Å². The van der Waals surface area contributed by atoms with Crippen molar-refractivity contribution in [1.29, 1.82) is 0 Å². The van der Waals surface area contributed by atoms with E-state index in [1.807, 2.05) is 32.9 Å². The van der Waals surface area contributed by atoms with E-state index >= 15 is 0 Å². The largest absolute Gasteiger partial charge is 0.0919 e. The molecule has 0 heteroatoms. The molecule has 0 aromatic rings. The Morgan fingerprint density at radius 3 is 1.33 bits per heavy atom. The molecule has 0 saturated carbocycles. The molecule has 0 saturated heterocycles. The van der Waals surface area contributed by atoms with Crippen molar-refractivity contribution in [1.82, 2.24) is 0 Å². The smallest absolute Gasteiger partial charge is 0.0379 e. The van der Waals surface area contributed by atoms with Gasteiger partial charge in [-0.25, -0.2) is 0 Å². The first-order valence-corrected chi connectivity index (χ1v) is 3.51. The highest BCUT2D eigenvalue weighted by Gasteiger charge is 1.52. The Kier molecular flexibility index (Phi) is 19.6. The minimum atomic E-state index is 1.16. The Bertz CT molecular complexity index is 64.1. The molecule has 9 heavy (non-hydrogen) atoms. The summed E-state index contributed by atoms with van der Waals surface area (Å²) in [5.74, 6) is 0. The van der Waals surface area contributed by atoms with Crippen molar-refractivity contribution in [3.05, 3.63) is 24.3 Å². The Labute approximate surface area is 59.3 Å². The standard InChI is InChI=1S/C5H10.C4H8/c1-3-5-4-2;1-3-4-2/h3,5H,4H2,1-2H3;3-4H,1-2H3/b5-3+;4-3-. The molecule has 54 valence electrons. The first-order chi connectivity index (χ1) is 4.33. The second kappa shape index (κ2) is 15.6. The zero-order valence-electron chi connectivity index (χ0n) is 7.02. The van der Waals surface area contributed by atoms with Gasteiger partial charge >= 0.3 is 0 Å². The molecule has 0 fully saturated rings. The predicted octanol–water partition coefficient (Wildman–Crippen LogP) is 3.55. The summed E-state index contributed by atoms with van der Waals surface area (Å²) in [5, 5.41) is 0. The average molecular weight is 126 g/mol. The van der Waals surface area contributed by atoms with Gasteiger partial charge in [-0.2, -0.15) is 0 Å². The maximum absolute atomic E-state index is 2.12. The molecule has 0 aliphatic rings. The molecule has 0 aromatic carbocycles. The van der Waals surface area contributed by atoms with E-state index < -0.39 is 0 Å². The summed E-state index contributed by atoms with van der Waals surface area (Å²) in [5.41, 5.74) is 0. The third-order valence-electron chi connectivity index (χ3n) is 0.805. The van der Waals surface area contributed by atoms with Crippen molar-refractivity contribution in [3.63, 3.8) is 0 Å². The molecule has 0 spiro atoms. The molecule has 0 amide bonds. The van der Waals surface area contributed by atoms with Gasteiger partial charge in [0.15, 0.2) is 0 Å². The van der Waals surface area contributed by atoms with Crippen LogP contribution in [0.15, 0.2) is 24.3 Å². The fourth-order valence-corrected chi connectivity index (χ4v) is 0.236. The van der Waals surface area contributed by atoms with Crippen LogP contribution in [-0.4, -0.2) is 0 Å². The van der Waals surface area contributed by atoms with Crippen molar-refractivity contribution >= 4 is 0 Å². The average Bonchev–Trinajstić information content (AvgIpc) is 1.91. The maximum Gasteiger partial charge on any atom is -0.0379 e. The summed E-state index contributed by atoms with van der Waals surface area (Å²) in [7, 11) is 0. The lowest BCUT2D eigenvalue weighted by Crippen LogP contribution is -1.43. The maximum atomic E-state index is 2.12. The third-order valence-corrected chi connectivity index (χ3v) is 0.805. The second-order valence-electron chi connectivity index (χ2n) is 1.64. The van der Waals surface area contributed by atoms with E-state index in [2.05, 4.69) is 19.1 Å². The van der Waals surface area contributed by atoms with Crippen molar-refractivity contribution < 1.29 is 0 Å². The third kappa shape index (κ3) is 36.5. The van der Waals surface area contributed by atoms with Crippen LogP contribution in [0.25, 0.3) is 0 Å². The van der Waals surface area contributed by atoms with Crippen molar-refractivity contribution in [2.24, 2.45) is 0 Å². The highest BCUT2D eigenvalue weighted by molar-refractivity contribution is 4.73. The van der Waals surface area contributed by atoms with Crippen LogP contribution in [0, 0.1) is 0 Å². The van der Waals surface area contributed by atoms with Gasteiger partial charge in [0.2, 0.25) is 0 Å². The summed E-state index contributed by atoms with van der Waals surface area (Å²) in [4.78, 5) is 0. The molecule has 0 rings (SSSR count). The van der Waals surface area contributed by atoms with Crippen LogP contribution in [0.5, 0.6) is 0 Å². The van der Waals surface area contributed by atoms with Crippen molar-refractivity contribution in [3.8, 4) is 0 Å². The van der Waals surface area contributed by atoms with E-state index in [1.54, 1.807) is 0 Å². The minimum Gasteiger partial charge on any atom is -0.0919 e. The van der Waals surface area contributed by atoms with E-state index in [1.165, 1.54) is 0 Å². The summed E-state index contributed by atoms with van der Waals surface area (Å²) in [6.07, 6.45) is 9.34. The van der Waals surface area contributed by atoms with Crippen molar-refractivity contribution in [2.45, 2.75) is 34.1 Å². The first kappa shape index (κ1) is 11.3. The summed E-state index contributed by atoms with van der Waals surface area (Å²) >= 11 is 0. The van der Waals surface area contributed by atoms with Crippen LogP contribution in [0.4, 0.5) is 0 Å². The number of hydrogen-bond donors (Lipinski definition) is 0. The van der Waals surface area contributed by atoms with Gasteiger partial charge < -0.3 is 0 Å². The van der Waals surface area contributed by atoms with E-state index in [-0.39, 0.29) is 0 Å². The zero-order chi connectivity index (χ0) is 7.54. The molecule has 0 aromatic heterocycles. The molecule has 0 N–H and O–H groups in total. The van der Waals surface area contributed by atoms with Crippen LogP contribution < -0.4 is 0 Å². The Morgan fingerprint density at radius 1 is 0.889 bits per heavy atom. The molecular formula is C9H18. The number of hydrogen-bond acceptors (Lipinski definition) is 0. The predicted molar refractivity (Wildman–Crippen MR) is 45.6 cm³/mol. The fraction of sp³-hybridized carbons (Fsp3) is 0.556. The van der Waals surface area contributed by atoms with Gasteiger partial charge in [0.05, 0.1) is 0 Å². The summed E-state index contributed by atoms with van der Waals surface area (Å²) < 4.78 is 0. The molecule has 0 aliphatic heterocycles. The van der Waals surface area contributed by atoms with Gasteiger partial charge in [-0.1, -0.05) is 31.2 Å². The lowest BCUT2D eigenvalue weighted by atomic mass is 10.4. The Morgan fingerprint density at radius 2 is 1.33 bits per heavy atom. The van der Waals surface area contributed by atoms with Gasteiger partial charge in [-0.15, -0.1) is 0 Å². The Hall–Kier alpha value is -0.520. The molecule has 0 bridgehead atoms. The summed E-state index contributed by atoms with van der Waals surface area (Å²) in [6.45, 7) is 8.16. The fourth-order valence-electron chi connectivity index (χ4n) is 0.236. The van der Waals surface area contributed by atoms with E-state index in [9.17, 15) is 0 Å². The zero-order valence-corrected chi connectivity index (χ0v) is 7.02. The quantitative estimate of drug-likeness (QED) is 0.471. The molecule has 0 aliphatic carbocycles. The highest BCUT2D eigenvalue weighted by atomic mass is 13.6. The molecule has 0 unspecified atom stereocenters. The molecular weight excluding hydrogens is 108 g/mol. The normalized spacial score (nSPS) is 9.78. The second-order valence-corrected chi connectivity index (χ2v) is 1.64. The molecule has 0 heterocycles. The van der Waals surface area contributed by atoms with E-state index in [0.29, 0.717) is 0 Å². The van der Waals surface area contributed by atoms with E-state index in [4.69, 9.17) is 0 Å². The molecule has 0 nitrogen and oxygen atoms in total. The Balaban J connectivity index is 0. The van der Waals surface area contributed by atoms with Crippen LogP contribution in [0.2, 0.25) is 0 Å². The molecule has 0 atom stereocenters. The van der Waals surface area contributed by atoms with E-state index in [0.717, 1.165) is 6.42 Å². The molecule has 0 radical (unpaired) electrons. The van der Waals surface area contributed by atoms with Crippen LogP contribution >= 0.6 is 0 Å². The number of rotatable bonds is 1. The monoisotopic (exact) mass is 126 g/mol. The van der Waals surface area contributed by atoms with Gasteiger partial charge in [0.1, 0.15) is 0 Å². The van der Waals surface area contributed by atoms with Crippen LogP contribution in [0.1, 0.15) is 34.1 Å². The van der Waals surface area contributed by atoms with Gasteiger partial charge in [0.25, 0.3) is 0 Å². The van der Waals surface area contributed by atoms with Crippen LogP contribution in [-0.2, 0) is 0 Å². The van der Waals surface area contributed by atoms with Gasteiger partial charge in [0, 0.05) is 0 Å². The van der Waals surface area contributed by atoms with Gasteiger partial charge in [-0.3, -0.25) is 0 Å². The summed E-state index contributed by atoms with van der Waals surface area (Å²) in [6, 6.07) is 0. The van der Waals surface area contributed by atoms with Crippen molar-refractivity contribution in [2.75, 3.05) is 0 Å². The highest BCUT2D eigenvalue weighted by Crippen LogP contribution is 1.73. The van der Waals surface area contributed by atoms with Crippen LogP contribution in [0.3, 0.4) is 0 Å². The lowest BCUT2D eigenvalue weighted by Gasteiger charge is -1.65. The minimum absolute atomic E-state index is 1.16. The lowest BCUT2D eigenvalue weighted by molar-refractivity contribution is 1.22. The number of allylic oxidation sites excluding steroid dienone is 4.